The van der Waals surface area contributed by atoms with Gasteiger partial charge < -0.3 is 14.6 Å². The predicted molar refractivity (Wildman–Crippen MR) is 58.0 cm³/mol. The van der Waals surface area contributed by atoms with Crippen molar-refractivity contribution in [3.05, 3.63) is 30.6 Å². The van der Waals surface area contributed by atoms with Gasteiger partial charge in [-0.3, -0.25) is 0 Å². The number of hydrogen-bond acceptors (Lipinski definition) is 2. The Bertz CT molecular complexity index is 488. The normalized spacial score (nSPS) is 10.3. The van der Waals surface area contributed by atoms with E-state index in [0.29, 0.717) is 5.75 Å². The van der Waals surface area contributed by atoms with Crippen molar-refractivity contribution < 1.29 is 9.53 Å². The Labute approximate surface area is 87.5 Å². The van der Waals surface area contributed by atoms with Crippen LogP contribution >= 0.6 is 0 Å². The number of aromatic nitrogens is 1. The monoisotopic (exact) mass is 204 g/mol. The molecule has 0 saturated carbocycles. The molecule has 2 rings (SSSR count). The third-order valence-corrected chi connectivity index (χ3v) is 2.13. The number of benzene rings is 1. The first-order chi connectivity index (χ1) is 7.18. The Balaban J connectivity index is 2.35. The van der Waals surface area contributed by atoms with E-state index in [9.17, 15) is 4.79 Å². The highest BCUT2D eigenvalue weighted by Gasteiger charge is 2.09. The van der Waals surface area contributed by atoms with Crippen LogP contribution in [0.5, 0.6) is 5.75 Å². The van der Waals surface area contributed by atoms with Crippen LogP contribution < -0.4 is 4.74 Å². The standard InChI is InChI=1S/C11H12N2O2/c1-13(2)11(14)15-10-5-3-4-8-6-12-7-9(8)10/h3-7,12H,1-2H3. The number of ether oxygens (including phenoxy) is 1. The van der Waals surface area contributed by atoms with Crippen LogP contribution in [-0.2, 0) is 0 Å². The summed E-state index contributed by atoms with van der Waals surface area (Å²) in [6.07, 6.45) is 3.30. The van der Waals surface area contributed by atoms with E-state index in [0.717, 1.165) is 10.8 Å². The molecule has 0 spiro atoms. The van der Waals surface area contributed by atoms with E-state index in [1.54, 1.807) is 20.2 Å². The lowest BCUT2D eigenvalue weighted by Crippen LogP contribution is -2.25. The minimum atomic E-state index is -0.372. The lowest BCUT2D eigenvalue weighted by Gasteiger charge is -2.11. The zero-order valence-electron chi connectivity index (χ0n) is 8.65. The van der Waals surface area contributed by atoms with Gasteiger partial charge in [-0.1, -0.05) is 12.1 Å². The summed E-state index contributed by atoms with van der Waals surface area (Å²) in [5.41, 5.74) is 0. The second-order valence-electron chi connectivity index (χ2n) is 3.48. The SMILES string of the molecule is CN(C)C(=O)Oc1cccc2c[nH]cc12. The van der Waals surface area contributed by atoms with Crippen LogP contribution in [0.15, 0.2) is 30.6 Å². The van der Waals surface area contributed by atoms with Crippen LogP contribution in [0, 0.1) is 0 Å². The van der Waals surface area contributed by atoms with E-state index < -0.39 is 0 Å². The number of H-pyrrole nitrogens is 1. The first-order valence-electron chi connectivity index (χ1n) is 4.63. The molecule has 0 unspecified atom stereocenters. The predicted octanol–water partition coefficient (Wildman–Crippen LogP) is 2.23. The molecule has 0 radical (unpaired) electrons. The molecule has 1 N–H and O–H groups in total. The number of hydrogen-bond donors (Lipinski definition) is 1. The summed E-state index contributed by atoms with van der Waals surface area (Å²) in [6.45, 7) is 0. The maximum atomic E-state index is 11.4. The Morgan fingerprint density at radius 1 is 1.33 bits per heavy atom. The molecule has 0 bridgehead atoms. The number of carbonyl (C=O) groups excluding carboxylic acids is 1. The number of aromatic amines is 1. The molecule has 4 heteroatoms. The van der Waals surface area contributed by atoms with Crippen molar-refractivity contribution in [2.24, 2.45) is 0 Å². The van der Waals surface area contributed by atoms with Crippen LogP contribution in [-0.4, -0.2) is 30.1 Å². The third-order valence-electron chi connectivity index (χ3n) is 2.13. The summed E-state index contributed by atoms with van der Waals surface area (Å²) in [6, 6.07) is 5.59. The van der Waals surface area contributed by atoms with E-state index in [2.05, 4.69) is 4.98 Å². The highest BCUT2D eigenvalue weighted by molar-refractivity contribution is 5.89. The van der Waals surface area contributed by atoms with Gasteiger partial charge in [0.05, 0.1) is 0 Å². The average Bonchev–Trinajstić information content (AvgIpc) is 2.66. The van der Waals surface area contributed by atoms with E-state index in [1.165, 1.54) is 4.90 Å². The van der Waals surface area contributed by atoms with Gasteiger partial charge in [0.15, 0.2) is 0 Å². The molecule has 78 valence electrons. The van der Waals surface area contributed by atoms with Crippen molar-refractivity contribution >= 4 is 16.9 Å². The van der Waals surface area contributed by atoms with Crippen LogP contribution in [0.4, 0.5) is 4.79 Å². The summed E-state index contributed by atoms with van der Waals surface area (Å²) < 4.78 is 5.21. The molecule has 0 saturated heterocycles. The summed E-state index contributed by atoms with van der Waals surface area (Å²) in [5, 5.41) is 1.94. The number of carbonyl (C=O) groups is 1. The second-order valence-corrected chi connectivity index (χ2v) is 3.48. The van der Waals surface area contributed by atoms with Crippen LogP contribution in [0.3, 0.4) is 0 Å². The van der Waals surface area contributed by atoms with Crippen molar-refractivity contribution in [3.8, 4) is 5.75 Å². The van der Waals surface area contributed by atoms with Crippen LogP contribution in [0.2, 0.25) is 0 Å². The summed E-state index contributed by atoms with van der Waals surface area (Å²) in [7, 11) is 3.30. The molecule has 4 nitrogen and oxygen atoms in total. The lowest BCUT2D eigenvalue weighted by molar-refractivity contribution is 0.172. The number of nitrogens with zero attached hydrogens (tertiary/aromatic N) is 1. The molecule has 1 amide bonds. The van der Waals surface area contributed by atoms with Gasteiger partial charge in [0.25, 0.3) is 0 Å². The first kappa shape index (κ1) is 9.58. The molecule has 1 aromatic heterocycles. The Morgan fingerprint density at radius 3 is 2.87 bits per heavy atom. The molecule has 2 aromatic rings. The second kappa shape index (κ2) is 3.65. The summed E-state index contributed by atoms with van der Waals surface area (Å²) in [5.74, 6) is 0.576. The molecule has 0 atom stereocenters. The van der Waals surface area contributed by atoms with Crippen LogP contribution in [0.1, 0.15) is 0 Å². The summed E-state index contributed by atoms with van der Waals surface area (Å²) in [4.78, 5) is 15.7. The molecule has 0 aliphatic heterocycles. The number of fused-ring (bicyclic) bond motifs is 1. The third kappa shape index (κ3) is 1.79. The van der Waals surface area contributed by atoms with Crippen molar-refractivity contribution in [2.45, 2.75) is 0 Å². The zero-order chi connectivity index (χ0) is 10.8. The topological polar surface area (TPSA) is 45.3 Å². The van der Waals surface area contributed by atoms with Gasteiger partial charge in [0.2, 0.25) is 0 Å². The van der Waals surface area contributed by atoms with Crippen molar-refractivity contribution in [2.75, 3.05) is 14.1 Å². The molecule has 0 aliphatic rings. The fourth-order valence-corrected chi connectivity index (χ4v) is 1.33. The van der Waals surface area contributed by atoms with Gasteiger partial charge >= 0.3 is 6.09 Å². The molecule has 15 heavy (non-hydrogen) atoms. The molecule has 0 fully saturated rings. The molecule has 0 aliphatic carbocycles. The Kier molecular flexibility index (Phi) is 2.33. The largest absolute Gasteiger partial charge is 0.414 e. The number of nitrogens with one attached hydrogen (secondary N) is 1. The lowest BCUT2D eigenvalue weighted by atomic mass is 10.2. The van der Waals surface area contributed by atoms with Gasteiger partial charge in [-0.15, -0.1) is 0 Å². The van der Waals surface area contributed by atoms with Crippen molar-refractivity contribution in [1.82, 2.24) is 9.88 Å². The fourth-order valence-electron chi connectivity index (χ4n) is 1.33. The quantitative estimate of drug-likeness (QED) is 0.774. The summed E-state index contributed by atoms with van der Waals surface area (Å²) >= 11 is 0. The first-order valence-corrected chi connectivity index (χ1v) is 4.63. The Morgan fingerprint density at radius 2 is 2.13 bits per heavy atom. The van der Waals surface area contributed by atoms with Gasteiger partial charge in [-0.2, -0.15) is 0 Å². The highest BCUT2D eigenvalue weighted by atomic mass is 16.6. The van der Waals surface area contributed by atoms with E-state index in [1.807, 2.05) is 24.5 Å². The van der Waals surface area contributed by atoms with Gasteiger partial charge in [0.1, 0.15) is 5.75 Å². The zero-order valence-corrected chi connectivity index (χ0v) is 8.65. The molecular weight excluding hydrogens is 192 g/mol. The minimum absolute atomic E-state index is 0.372. The average molecular weight is 204 g/mol. The highest BCUT2D eigenvalue weighted by Crippen LogP contribution is 2.25. The maximum absolute atomic E-state index is 11.4. The van der Waals surface area contributed by atoms with Crippen molar-refractivity contribution in [1.29, 1.82) is 0 Å². The van der Waals surface area contributed by atoms with E-state index in [-0.39, 0.29) is 6.09 Å². The minimum Gasteiger partial charge on any atom is -0.409 e. The molecule has 1 aromatic carbocycles. The van der Waals surface area contributed by atoms with Crippen molar-refractivity contribution in [3.63, 3.8) is 0 Å². The van der Waals surface area contributed by atoms with E-state index >= 15 is 0 Å². The smallest absolute Gasteiger partial charge is 0.409 e. The van der Waals surface area contributed by atoms with Crippen LogP contribution in [0.25, 0.3) is 10.8 Å². The molecule has 1 heterocycles. The fraction of sp³-hybridized carbons (Fsp3) is 0.182. The Hall–Kier alpha value is -1.97. The van der Waals surface area contributed by atoms with Gasteiger partial charge in [-0.05, 0) is 6.07 Å². The molecular formula is C11H12N2O2. The number of rotatable bonds is 1. The maximum Gasteiger partial charge on any atom is 0.414 e. The number of amides is 1. The van der Waals surface area contributed by atoms with Gasteiger partial charge in [-0.25, -0.2) is 4.79 Å². The van der Waals surface area contributed by atoms with Gasteiger partial charge in [0, 0.05) is 37.3 Å². The van der Waals surface area contributed by atoms with E-state index in [4.69, 9.17) is 4.74 Å².